The summed E-state index contributed by atoms with van der Waals surface area (Å²) in [6.07, 6.45) is 0. The molecular formula is C18H17ClN2O4. The first-order valence-corrected chi connectivity index (χ1v) is 8.08. The van der Waals surface area contributed by atoms with Crippen LogP contribution in [-0.2, 0) is 16.1 Å². The molecule has 2 amide bonds. The van der Waals surface area contributed by atoms with Crippen LogP contribution in [0.5, 0.6) is 11.5 Å². The molecule has 0 bridgehead atoms. The summed E-state index contributed by atoms with van der Waals surface area (Å²) in [4.78, 5) is 25.6. The van der Waals surface area contributed by atoms with Gasteiger partial charge in [-0.3, -0.25) is 9.59 Å². The molecule has 1 N–H and O–H groups in total. The van der Waals surface area contributed by atoms with Crippen LogP contribution < -0.4 is 14.8 Å². The number of carbonyl (C=O) groups excluding carboxylic acids is 2. The highest BCUT2D eigenvalue weighted by atomic mass is 35.5. The van der Waals surface area contributed by atoms with Crippen molar-refractivity contribution in [1.82, 2.24) is 4.90 Å². The van der Waals surface area contributed by atoms with Crippen molar-refractivity contribution in [2.75, 3.05) is 18.7 Å². The number of hydrogen-bond donors (Lipinski definition) is 1. The second-order valence-corrected chi connectivity index (χ2v) is 6.05. The maximum Gasteiger partial charge on any atom is 0.244 e. The Labute approximate surface area is 150 Å². The second kappa shape index (κ2) is 7.44. The van der Waals surface area contributed by atoms with Gasteiger partial charge in [0.2, 0.25) is 18.6 Å². The molecule has 0 aliphatic carbocycles. The Bertz CT molecular complexity index is 792. The van der Waals surface area contributed by atoms with E-state index in [9.17, 15) is 9.59 Å². The monoisotopic (exact) mass is 360 g/mol. The molecule has 2 aromatic carbocycles. The van der Waals surface area contributed by atoms with E-state index in [4.69, 9.17) is 21.1 Å². The van der Waals surface area contributed by atoms with Crippen molar-refractivity contribution in [3.05, 3.63) is 53.1 Å². The summed E-state index contributed by atoms with van der Waals surface area (Å²) in [6, 6.07) is 12.2. The van der Waals surface area contributed by atoms with Crippen LogP contribution in [-0.4, -0.2) is 30.1 Å². The molecule has 1 aliphatic rings. The minimum absolute atomic E-state index is 0.0492. The predicted molar refractivity (Wildman–Crippen MR) is 93.7 cm³/mol. The summed E-state index contributed by atoms with van der Waals surface area (Å²) < 4.78 is 10.6. The lowest BCUT2D eigenvalue weighted by molar-refractivity contribution is -0.133. The molecule has 3 rings (SSSR count). The van der Waals surface area contributed by atoms with Gasteiger partial charge in [-0.1, -0.05) is 17.7 Å². The maximum atomic E-state index is 12.2. The normalized spacial score (nSPS) is 11.9. The first-order valence-electron chi connectivity index (χ1n) is 7.71. The number of nitrogens with zero attached hydrogens (tertiary/aromatic N) is 1. The molecule has 25 heavy (non-hydrogen) atoms. The van der Waals surface area contributed by atoms with Crippen molar-refractivity contribution < 1.29 is 19.1 Å². The average molecular weight is 361 g/mol. The number of nitrogens with one attached hydrogen (secondary N) is 1. The minimum atomic E-state index is -0.279. The minimum Gasteiger partial charge on any atom is -0.454 e. The van der Waals surface area contributed by atoms with Gasteiger partial charge in [-0.2, -0.15) is 0 Å². The Hall–Kier alpha value is -2.73. The predicted octanol–water partition coefficient (Wildman–Crippen LogP) is 3.06. The van der Waals surface area contributed by atoms with Crippen molar-refractivity contribution in [2.24, 2.45) is 0 Å². The lowest BCUT2D eigenvalue weighted by Crippen LogP contribution is -2.36. The van der Waals surface area contributed by atoms with Gasteiger partial charge >= 0.3 is 0 Å². The van der Waals surface area contributed by atoms with Gasteiger partial charge in [-0.05, 0) is 42.0 Å². The molecule has 0 aromatic heterocycles. The van der Waals surface area contributed by atoms with Gasteiger partial charge in [-0.25, -0.2) is 0 Å². The molecule has 0 spiro atoms. The van der Waals surface area contributed by atoms with Gasteiger partial charge in [0.25, 0.3) is 0 Å². The van der Waals surface area contributed by atoms with E-state index in [0.29, 0.717) is 28.8 Å². The van der Waals surface area contributed by atoms with E-state index in [1.165, 1.54) is 11.8 Å². The van der Waals surface area contributed by atoms with Gasteiger partial charge in [0.15, 0.2) is 11.5 Å². The Balaban J connectivity index is 1.63. The topological polar surface area (TPSA) is 67.9 Å². The number of benzene rings is 2. The highest BCUT2D eigenvalue weighted by Crippen LogP contribution is 2.32. The van der Waals surface area contributed by atoms with Crippen LogP contribution in [0.3, 0.4) is 0 Å². The van der Waals surface area contributed by atoms with E-state index >= 15 is 0 Å². The molecule has 0 fully saturated rings. The number of rotatable bonds is 5. The third kappa shape index (κ3) is 4.42. The first kappa shape index (κ1) is 17.1. The molecule has 6 nitrogen and oxygen atoms in total. The summed E-state index contributed by atoms with van der Waals surface area (Å²) in [5.74, 6) is 0.854. The molecule has 1 heterocycles. The van der Waals surface area contributed by atoms with E-state index < -0.39 is 0 Å². The molecule has 0 saturated heterocycles. The van der Waals surface area contributed by atoms with Gasteiger partial charge in [0, 0.05) is 24.2 Å². The van der Waals surface area contributed by atoms with Crippen molar-refractivity contribution in [1.29, 1.82) is 0 Å². The Kier molecular flexibility index (Phi) is 5.09. The number of carbonyl (C=O) groups is 2. The Morgan fingerprint density at radius 1 is 1.12 bits per heavy atom. The van der Waals surface area contributed by atoms with E-state index in [-0.39, 0.29) is 25.2 Å². The van der Waals surface area contributed by atoms with E-state index in [0.717, 1.165) is 5.56 Å². The number of fused-ring (bicyclic) bond motifs is 1. The number of ether oxygens (including phenoxy) is 2. The number of anilines is 1. The molecule has 0 radical (unpaired) electrons. The largest absolute Gasteiger partial charge is 0.454 e. The first-order chi connectivity index (χ1) is 12.0. The fourth-order valence-corrected chi connectivity index (χ4v) is 2.57. The fraction of sp³-hybridized carbons (Fsp3) is 0.222. The summed E-state index contributed by atoms with van der Waals surface area (Å²) in [5.41, 5.74) is 1.49. The highest BCUT2D eigenvalue weighted by Gasteiger charge is 2.17. The zero-order valence-corrected chi connectivity index (χ0v) is 14.4. The maximum absolute atomic E-state index is 12.2. The summed E-state index contributed by atoms with van der Waals surface area (Å²) >= 11 is 5.82. The SMILES string of the molecule is CC(=O)N(CC(=O)Nc1ccc(Cl)cc1)Cc1ccc2c(c1)OCO2. The quantitative estimate of drug-likeness (QED) is 0.889. The van der Waals surface area contributed by atoms with Crippen LogP contribution in [0.2, 0.25) is 5.02 Å². The zero-order valence-electron chi connectivity index (χ0n) is 13.6. The molecule has 1 aliphatic heterocycles. The van der Waals surface area contributed by atoms with Crippen LogP contribution in [0.25, 0.3) is 0 Å². The molecular weight excluding hydrogens is 344 g/mol. The van der Waals surface area contributed by atoms with E-state index in [1.54, 1.807) is 30.3 Å². The number of hydrogen-bond acceptors (Lipinski definition) is 4. The standard InChI is InChI=1S/C18H17ClN2O4/c1-12(22)21(9-13-2-7-16-17(8-13)25-11-24-16)10-18(23)20-15-5-3-14(19)4-6-15/h2-8H,9-11H2,1H3,(H,20,23). The number of halogens is 1. The van der Waals surface area contributed by atoms with Crippen molar-refractivity contribution >= 4 is 29.1 Å². The average Bonchev–Trinajstić information content (AvgIpc) is 3.04. The molecule has 0 atom stereocenters. The van der Waals surface area contributed by atoms with Gasteiger partial charge in [-0.15, -0.1) is 0 Å². The molecule has 0 saturated carbocycles. The Morgan fingerprint density at radius 3 is 2.56 bits per heavy atom. The zero-order chi connectivity index (χ0) is 17.8. The van der Waals surface area contributed by atoms with Crippen molar-refractivity contribution in [2.45, 2.75) is 13.5 Å². The summed E-state index contributed by atoms with van der Waals surface area (Å²) in [5, 5.41) is 3.33. The molecule has 2 aromatic rings. The van der Waals surface area contributed by atoms with Gasteiger partial charge in [0.05, 0.1) is 0 Å². The van der Waals surface area contributed by atoms with Crippen LogP contribution >= 0.6 is 11.6 Å². The van der Waals surface area contributed by atoms with Crippen LogP contribution in [0.1, 0.15) is 12.5 Å². The van der Waals surface area contributed by atoms with E-state index in [2.05, 4.69) is 5.32 Å². The van der Waals surface area contributed by atoms with Crippen LogP contribution in [0, 0.1) is 0 Å². The molecule has 7 heteroatoms. The highest BCUT2D eigenvalue weighted by molar-refractivity contribution is 6.30. The second-order valence-electron chi connectivity index (χ2n) is 5.62. The fourth-order valence-electron chi connectivity index (χ4n) is 2.45. The third-order valence-corrected chi connectivity index (χ3v) is 3.97. The van der Waals surface area contributed by atoms with Gasteiger partial charge < -0.3 is 19.7 Å². The van der Waals surface area contributed by atoms with E-state index in [1.807, 2.05) is 12.1 Å². The molecule has 0 unspecified atom stereocenters. The van der Waals surface area contributed by atoms with Crippen molar-refractivity contribution in [3.8, 4) is 11.5 Å². The lowest BCUT2D eigenvalue weighted by Gasteiger charge is -2.21. The summed E-state index contributed by atoms with van der Waals surface area (Å²) in [7, 11) is 0. The summed E-state index contributed by atoms with van der Waals surface area (Å²) in [6.45, 7) is 1.88. The van der Waals surface area contributed by atoms with Crippen LogP contribution in [0.4, 0.5) is 5.69 Å². The lowest BCUT2D eigenvalue weighted by atomic mass is 10.2. The Morgan fingerprint density at radius 2 is 1.84 bits per heavy atom. The number of amides is 2. The third-order valence-electron chi connectivity index (χ3n) is 3.72. The molecule has 130 valence electrons. The van der Waals surface area contributed by atoms with Crippen LogP contribution in [0.15, 0.2) is 42.5 Å². The van der Waals surface area contributed by atoms with Crippen molar-refractivity contribution in [3.63, 3.8) is 0 Å². The van der Waals surface area contributed by atoms with Gasteiger partial charge in [0.1, 0.15) is 6.54 Å². The smallest absolute Gasteiger partial charge is 0.244 e.